The fourth-order valence-corrected chi connectivity index (χ4v) is 4.13. The van der Waals surface area contributed by atoms with Gasteiger partial charge in [0.2, 0.25) is 5.95 Å². The molecule has 0 bridgehead atoms. The average Bonchev–Trinajstić information content (AvgIpc) is 2.74. The second kappa shape index (κ2) is 6.85. The molecule has 0 saturated heterocycles. The summed E-state index contributed by atoms with van der Waals surface area (Å²) in [5.41, 5.74) is 1.16. The number of imidazole rings is 1. The van der Waals surface area contributed by atoms with E-state index in [1.54, 1.807) is 0 Å². The highest BCUT2D eigenvalue weighted by molar-refractivity contribution is 5.31. The van der Waals surface area contributed by atoms with Gasteiger partial charge in [0.05, 0.1) is 5.69 Å². The van der Waals surface area contributed by atoms with Gasteiger partial charge in [-0.25, -0.2) is 4.98 Å². The van der Waals surface area contributed by atoms with E-state index in [1.165, 1.54) is 64.2 Å². The summed E-state index contributed by atoms with van der Waals surface area (Å²) in [5, 5.41) is 3.81. The van der Waals surface area contributed by atoms with Crippen LogP contribution in [0.4, 0.5) is 5.95 Å². The molecule has 2 aliphatic carbocycles. The summed E-state index contributed by atoms with van der Waals surface area (Å²) in [4.78, 5) is 4.80. The topological polar surface area (TPSA) is 29.9 Å². The van der Waals surface area contributed by atoms with Crippen LogP contribution >= 0.6 is 0 Å². The second-order valence-corrected chi connectivity index (χ2v) is 7.27. The number of anilines is 1. The van der Waals surface area contributed by atoms with Crippen LogP contribution in [0, 0.1) is 12.8 Å². The lowest BCUT2D eigenvalue weighted by Crippen LogP contribution is -2.28. The third-order valence-corrected chi connectivity index (χ3v) is 5.50. The first-order valence-corrected chi connectivity index (χ1v) is 9.06. The lowest BCUT2D eigenvalue weighted by molar-refractivity contribution is 0.353. The highest BCUT2D eigenvalue weighted by Crippen LogP contribution is 2.32. The number of nitrogens with zero attached hydrogens (tertiary/aromatic N) is 2. The van der Waals surface area contributed by atoms with Gasteiger partial charge in [0.1, 0.15) is 0 Å². The highest BCUT2D eigenvalue weighted by atomic mass is 15.2. The second-order valence-electron chi connectivity index (χ2n) is 7.27. The molecule has 1 aromatic rings. The SMILES string of the molecule is Cc1cn(C2CCCCC2)c(NC2CCCCCC2C)n1. The van der Waals surface area contributed by atoms with Gasteiger partial charge >= 0.3 is 0 Å². The summed E-state index contributed by atoms with van der Waals surface area (Å²) < 4.78 is 2.45. The van der Waals surface area contributed by atoms with Gasteiger partial charge in [-0.05, 0) is 38.5 Å². The van der Waals surface area contributed by atoms with Crippen molar-refractivity contribution in [2.24, 2.45) is 5.92 Å². The number of hydrogen-bond donors (Lipinski definition) is 1. The van der Waals surface area contributed by atoms with Crippen molar-refractivity contribution in [3.8, 4) is 0 Å². The Labute approximate surface area is 129 Å². The van der Waals surface area contributed by atoms with Crippen LogP contribution in [-0.2, 0) is 0 Å². The van der Waals surface area contributed by atoms with Crippen molar-refractivity contribution in [3.05, 3.63) is 11.9 Å². The van der Waals surface area contributed by atoms with Crippen LogP contribution in [0.25, 0.3) is 0 Å². The largest absolute Gasteiger partial charge is 0.353 e. The Balaban J connectivity index is 1.74. The molecule has 1 aromatic heterocycles. The molecule has 2 fully saturated rings. The standard InChI is InChI=1S/C18H31N3/c1-14-9-5-3-8-12-17(14)20-18-19-15(2)13-21(18)16-10-6-4-7-11-16/h13-14,16-17H,3-12H2,1-2H3,(H,19,20). The van der Waals surface area contributed by atoms with Gasteiger partial charge in [-0.15, -0.1) is 0 Å². The first kappa shape index (κ1) is 14.9. The van der Waals surface area contributed by atoms with Crippen molar-refractivity contribution in [1.29, 1.82) is 0 Å². The van der Waals surface area contributed by atoms with Crippen molar-refractivity contribution < 1.29 is 0 Å². The van der Waals surface area contributed by atoms with Gasteiger partial charge in [0.25, 0.3) is 0 Å². The average molecular weight is 289 g/mol. The van der Waals surface area contributed by atoms with E-state index in [4.69, 9.17) is 4.98 Å². The lowest BCUT2D eigenvalue weighted by Gasteiger charge is -2.28. The summed E-state index contributed by atoms with van der Waals surface area (Å²) >= 11 is 0. The zero-order valence-electron chi connectivity index (χ0n) is 13.8. The molecule has 0 aliphatic heterocycles. The van der Waals surface area contributed by atoms with Crippen LogP contribution in [0.5, 0.6) is 0 Å². The van der Waals surface area contributed by atoms with Gasteiger partial charge < -0.3 is 9.88 Å². The smallest absolute Gasteiger partial charge is 0.203 e. The number of aryl methyl sites for hydroxylation is 1. The minimum atomic E-state index is 0.608. The monoisotopic (exact) mass is 289 g/mol. The minimum Gasteiger partial charge on any atom is -0.353 e. The molecule has 2 atom stereocenters. The quantitative estimate of drug-likeness (QED) is 0.787. The zero-order valence-corrected chi connectivity index (χ0v) is 13.8. The van der Waals surface area contributed by atoms with E-state index in [0.717, 1.165) is 17.6 Å². The van der Waals surface area contributed by atoms with Crippen LogP contribution < -0.4 is 5.32 Å². The van der Waals surface area contributed by atoms with E-state index in [1.807, 2.05) is 0 Å². The number of rotatable bonds is 3. The number of hydrogen-bond acceptors (Lipinski definition) is 2. The molecule has 2 unspecified atom stereocenters. The molecular weight excluding hydrogens is 258 g/mol. The molecule has 2 aliphatic rings. The van der Waals surface area contributed by atoms with E-state index in [-0.39, 0.29) is 0 Å². The zero-order chi connectivity index (χ0) is 14.7. The van der Waals surface area contributed by atoms with Crippen LogP contribution in [0.15, 0.2) is 6.20 Å². The summed E-state index contributed by atoms with van der Waals surface area (Å²) in [7, 11) is 0. The van der Waals surface area contributed by atoms with Crippen molar-refractivity contribution in [2.45, 2.75) is 90.1 Å². The van der Waals surface area contributed by atoms with E-state index in [2.05, 4.69) is 29.9 Å². The molecular formula is C18H31N3. The molecule has 0 aromatic carbocycles. The number of aromatic nitrogens is 2. The Bertz CT molecular complexity index is 445. The fraction of sp³-hybridized carbons (Fsp3) is 0.833. The summed E-state index contributed by atoms with van der Waals surface area (Å²) in [6.07, 6.45) is 15.9. The molecule has 2 saturated carbocycles. The van der Waals surface area contributed by atoms with Gasteiger partial charge in [0.15, 0.2) is 0 Å². The van der Waals surface area contributed by atoms with Crippen LogP contribution in [0.1, 0.15) is 82.9 Å². The lowest BCUT2D eigenvalue weighted by atomic mass is 9.95. The third-order valence-electron chi connectivity index (χ3n) is 5.50. The van der Waals surface area contributed by atoms with Crippen molar-refractivity contribution in [2.75, 3.05) is 5.32 Å². The Morgan fingerprint density at radius 3 is 2.43 bits per heavy atom. The molecule has 3 rings (SSSR count). The predicted molar refractivity (Wildman–Crippen MR) is 88.7 cm³/mol. The Morgan fingerprint density at radius 2 is 1.67 bits per heavy atom. The van der Waals surface area contributed by atoms with Gasteiger partial charge in [0, 0.05) is 18.3 Å². The molecule has 1 N–H and O–H groups in total. The predicted octanol–water partition coefficient (Wildman–Crippen LogP) is 5.08. The summed E-state index contributed by atoms with van der Waals surface area (Å²) in [6.45, 7) is 4.53. The third kappa shape index (κ3) is 3.61. The molecule has 3 heteroatoms. The molecule has 21 heavy (non-hydrogen) atoms. The van der Waals surface area contributed by atoms with E-state index >= 15 is 0 Å². The molecule has 0 radical (unpaired) electrons. The highest BCUT2D eigenvalue weighted by Gasteiger charge is 2.24. The van der Waals surface area contributed by atoms with Gasteiger partial charge in [-0.3, -0.25) is 0 Å². The van der Waals surface area contributed by atoms with E-state index in [0.29, 0.717) is 12.1 Å². The van der Waals surface area contributed by atoms with Crippen LogP contribution in [0.2, 0.25) is 0 Å². The number of nitrogens with one attached hydrogen (secondary N) is 1. The molecule has 3 nitrogen and oxygen atoms in total. The van der Waals surface area contributed by atoms with E-state index < -0.39 is 0 Å². The Morgan fingerprint density at radius 1 is 1.00 bits per heavy atom. The minimum absolute atomic E-state index is 0.608. The molecule has 1 heterocycles. The fourth-order valence-electron chi connectivity index (χ4n) is 4.13. The first-order valence-electron chi connectivity index (χ1n) is 9.06. The van der Waals surface area contributed by atoms with Gasteiger partial charge in [-0.1, -0.05) is 45.4 Å². The van der Waals surface area contributed by atoms with Crippen LogP contribution in [0.3, 0.4) is 0 Å². The Kier molecular flexibility index (Phi) is 4.87. The molecule has 0 amide bonds. The summed E-state index contributed by atoms with van der Waals surface area (Å²) in [6, 6.07) is 1.28. The van der Waals surface area contributed by atoms with Crippen molar-refractivity contribution in [3.63, 3.8) is 0 Å². The normalized spacial score (nSPS) is 28.3. The first-order chi connectivity index (χ1) is 10.2. The van der Waals surface area contributed by atoms with Gasteiger partial charge in [-0.2, -0.15) is 0 Å². The molecule has 0 spiro atoms. The van der Waals surface area contributed by atoms with Crippen molar-refractivity contribution >= 4 is 5.95 Å². The van der Waals surface area contributed by atoms with Crippen molar-refractivity contribution in [1.82, 2.24) is 9.55 Å². The maximum absolute atomic E-state index is 4.80. The van der Waals surface area contributed by atoms with Crippen LogP contribution in [-0.4, -0.2) is 15.6 Å². The molecule has 118 valence electrons. The Hall–Kier alpha value is -0.990. The van der Waals surface area contributed by atoms with E-state index in [9.17, 15) is 0 Å². The maximum atomic E-state index is 4.80. The summed E-state index contributed by atoms with van der Waals surface area (Å²) in [5.74, 6) is 1.91. The maximum Gasteiger partial charge on any atom is 0.203 e.